The van der Waals surface area contributed by atoms with Crippen molar-refractivity contribution in [3.8, 4) is 0 Å². The minimum absolute atomic E-state index is 0.115. The number of rotatable bonds is 6. The highest BCUT2D eigenvalue weighted by atomic mass is 79.9. The third-order valence-electron chi connectivity index (χ3n) is 2.70. The van der Waals surface area contributed by atoms with Crippen molar-refractivity contribution in [3.63, 3.8) is 0 Å². The van der Waals surface area contributed by atoms with Crippen molar-refractivity contribution in [2.24, 2.45) is 0 Å². The first kappa shape index (κ1) is 17.9. The van der Waals surface area contributed by atoms with Gasteiger partial charge in [0.25, 0.3) is 6.43 Å². The van der Waals surface area contributed by atoms with E-state index in [9.17, 15) is 26.7 Å². The van der Waals surface area contributed by atoms with E-state index in [1.807, 2.05) is 0 Å². The van der Waals surface area contributed by atoms with Gasteiger partial charge in [0.2, 0.25) is 5.91 Å². The zero-order chi connectivity index (χ0) is 16.0. The van der Waals surface area contributed by atoms with E-state index in [1.165, 1.54) is 12.1 Å². The molecule has 0 N–H and O–H groups in total. The standard InChI is InChI=1S/C13H13BrF5NO/c14-5-6-20(8-11(15)16)12(21)7-9-1-3-10(4-2-9)13(17,18)19/h1-4,11H,5-8H2. The van der Waals surface area contributed by atoms with Gasteiger partial charge < -0.3 is 4.90 Å². The molecule has 1 amide bonds. The van der Waals surface area contributed by atoms with Crippen molar-refractivity contribution in [1.29, 1.82) is 0 Å². The van der Waals surface area contributed by atoms with Crippen LogP contribution in [-0.2, 0) is 17.4 Å². The highest BCUT2D eigenvalue weighted by Crippen LogP contribution is 2.29. The Morgan fingerprint density at radius 3 is 2.19 bits per heavy atom. The Balaban J connectivity index is 2.72. The van der Waals surface area contributed by atoms with Gasteiger partial charge >= 0.3 is 6.18 Å². The Morgan fingerprint density at radius 2 is 1.76 bits per heavy atom. The summed E-state index contributed by atoms with van der Waals surface area (Å²) in [5, 5.41) is 0.346. The maximum atomic E-state index is 12.4. The second-order valence-corrected chi connectivity index (χ2v) is 5.08. The fourth-order valence-electron chi connectivity index (χ4n) is 1.68. The number of carbonyl (C=O) groups is 1. The van der Waals surface area contributed by atoms with Crippen LogP contribution < -0.4 is 0 Å². The zero-order valence-corrected chi connectivity index (χ0v) is 12.4. The van der Waals surface area contributed by atoms with Gasteiger partial charge in [0.1, 0.15) is 0 Å². The van der Waals surface area contributed by atoms with Crippen molar-refractivity contribution in [2.75, 3.05) is 18.4 Å². The topological polar surface area (TPSA) is 20.3 Å². The largest absolute Gasteiger partial charge is 0.416 e. The first-order valence-corrected chi connectivity index (χ1v) is 7.14. The minimum Gasteiger partial charge on any atom is -0.336 e. The summed E-state index contributed by atoms with van der Waals surface area (Å²) in [4.78, 5) is 12.9. The van der Waals surface area contributed by atoms with E-state index in [1.54, 1.807) is 0 Å². The predicted molar refractivity (Wildman–Crippen MR) is 71.5 cm³/mol. The van der Waals surface area contributed by atoms with E-state index >= 15 is 0 Å². The van der Waals surface area contributed by atoms with E-state index in [2.05, 4.69) is 15.9 Å². The molecule has 118 valence electrons. The predicted octanol–water partition coefficient (Wildman–Crippen LogP) is 3.74. The first-order valence-electron chi connectivity index (χ1n) is 6.02. The van der Waals surface area contributed by atoms with Crippen LogP contribution in [0.5, 0.6) is 0 Å². The van der Waals surface area contributed by atoms with Crippen molar-refractivity contribution >= 4 is 21.8 Å². The molecule has 0 aliphatic heterocycles. The molecular weight excluding hydrogens is 361 g/mol. The van der Waals surface area contributed by atoms with Crippen LogP contribution in [0, 0.1) is 0 Å². The quantitative estimate of drug-likeness (QED) is 0.549. The number of halogens is 6. The van der Waals surface area contributed by atoms with Gasteiger partial charge in [0.05, 0.1) is 18.5 Å². The van der Waals surface area contributed by atoms with Crippen molar-refractivity contribution < 1.29 is 26.7 Å². The van der Waals surface area contributed by atoms with Gasteiger partial charge in [-0.1, -0.05) is 28.1 Å². The van der Waals surface area contributed by atoms with Gasteiger partial charge in [0, 0.05) is 11.9 Å². The summed E-state index contributed by atoms with van der Waals surface area (Å²) in [6, 6.07) is 4.08. The molecule has 1 aromatic carbocycles. The molecule has 1 aromatic rings. The molecule has 0 unspecified atom stereocenters. The van der Waals surface area contributed by atoms with Crippen LogP contribution in [0.4, 0.5) is 22.0 Å². The molecular formula is C13H13BrF5NO. The maximum Gasteiger partial charge on any atom is 0.416 e. The van der Waals surface area contributed by atoms with Crippen LogP contribution >= 0.6 is 15.9 Å². The SMILES string of the molecule is O=C(Cc1ccc(C(F)(F)F)cc1)N(CCBr)CC(F)F. The number of benzene rings is 1. The lowest BCUT2D eigenvalue weighted by Gasteiger charge is -2.21. The summed E-state index contributed by atoms with van der Waals surface area (Å²) in [5.74, 6) is -0.547. The molecule has 0 aromatic heterocycles. The normalized spacial score (nSPS) is 11.8. The second kappa shape index (κ2) is 7.72. The van der Waals surface area contributed by atoms with Crippen LogP contribution in [0.2, 0.25) is 0 Å². The molecule has 0 heterocycles. The Hall–Kier alpha value is -1.18. The summed E-state index contributed by atoms with van der Waals surface area (Å²) in [6.45, 7) is -0.575. The number of hydrogen-bond acceptors (Lipinski definition) is 1. The van der Waals surface area contributed by atoms with E-state index in [0.29, 0.717) is 10.9 Å². The molecule has 0 saturated heterocycles. The van der Waals surface area contributed by atoms with Gasteiger partial charge in [-0.15, -0.1) is 0 Å². The van der Waals surface area contributed by atoms with Crippen LogP contribution in [-0.4, -0.2) is 35.7 Å². The molecule has 0 aliphatic carbocycles. The molecule has 0 spiro atoms. The van der Waals surface area contributed by atoms with Gasteiger partial charge in [-0.3, -0.25) is 4.79 Å². The third-order valence-corrected chi connectivity index (χ3v) is 3.06. The Labute approximate surface area is 127 Å². The molecule has 0 aliphatic rings. The maximum absolute atomic E-state index is 12.4. The van der Waals surface area contributed by atoms with E-state index in [-0.39, 0.29) is 13.0 Å². The van der Waals surface area contributed by atoms with E-state index < -0.39 is 30.6 Å². The van der Waals surface area contributed by atoms with Crippen molar-refractivity contribution in [1.82, 2.24) is 4.90 Å². The van der Waals surface area contributed by atoms with Crippen LogP contribution in [0.3, 0.4) is 0 Å². The number of carbonyl (C=O) groups excluding carboxylic acids is 1. The number of amides is 1. The molecule has 0 saturated carbocycles. The minimum atomic E-state index is -4.44. The van der Waals surface area contributed by atoms with Gasteiger partial charge in [0.15, 0.2) is 0 Å². The van der Waals surface area contributed by atoms with Crippen LogP contribution in [0.15, 0.2) is 24.3 Å². The van der Waals surface area contributed by atoms with Gasteiger partial charge in [-0.05, 0) is 17.7 Å². The van der Waals surface area contributed by atoms with Crippen molar-refractivity contribution in [2.45, 2.75) is 19.0 Å². The Kier molecular flexibility index (Phi) is 6.57. The average molecular weight is 374 g/mol. The highest BCUT2D eigenvalue weighted by molar-refractivity contribution is 9.09. The second-order valence-electron chi connectivity index (χ2n) is 4.29. The molecule has 0 atom stereocenters. The molecule has 21 heavy (non-hydrogen) atoms. The summed E-state index contributed by atoms with van der Waals surface area (Å²) in [5.41, 5.74) is -0.467. The number of hydrogen-bond donors (Lipinski definition) is 0. The molecule has 0 radical (unpaired) electrons. The molecule has 0 bridgehead atoms. The summed E-state index contributed by atoms with van der Waals surface area (Å²) < 4.78 is 61.9. The molecule has 2 nitrogen and oxygen atoms in total. The highest BCUT2D eigenvalue weighted by Gasteiger charge is 2.30. The fourth-order valence-corrected chi connectivity index (χ4v) is 2.11. The van der Waals surface area contributed by atoms with Gasteiger partial charge in [-0.25, -0.2) is 8.78 Å². The molecule has 8 heteroatoms. The van der Waals surface area contributed by atoms with Gasteiger partial charge in [-0.2, -0.15) is 13.2 Å². The number of alkyl halides is 6. The van der Waals surface area contributed by atoms with E-state index in [0.717, 1.165) is 17.0 Å². The lowest BCUT2D eigenvalue weighted by Crippen LogP contribution is -2.37. The molecule has 0 fully saturated rings. The smallest absolute Gasteiger partial charge is 0.336 e. The first-order chi connectivity index (χ1) is 9.74. The van der Waals surface area contributed by atoms with E-state index in [4.69, 9.17) is 0 Å². The van der Waals surface area contributed by atoms with Crippen LogP contribution in [0.25, 0.3) is 0 Å². The molecule has 1 rings (SSSR count). The Bertz CT molecular complexity index is 461. The summed E-state index contributed by atoms with van der Waals surface area (Å²) in [6.07, 6.45) is -7.31. The lowest BCUT2D eigenvalue weighted by molar-refractivity contribution is -0.137. The Morgan fingerprint density at radius 1 is 1.19 bits per heavy atom. The average Bonchev–Trinajstić information content (AvgIpc) is 2.37. The van der Waals surface area contributed by atoms with Crippen molar-refractivity contribution in [3.05, 3.63) is 35.4 Å². The monoisotopic (exact) mass is 373 g/mol. The van der Waals surface area contributed by atoms with Crippen LogP contribution in [0.1, 0.15) is 11.1 Å². The summed E-state index contributed by atoms with van der Waals surface area (Å²) >= 11 is 3.06. The third kappa shape index (κ3) is 5.99. The zero-order valence-electron chi connectivity index (χ0n) is 10.8. The fraction of sp³-hybridized carbons (Fsp3) is 0.462. The number of nitrogens with zero attached hydrogens (tertiary/aromatic N) is 1. The summed E-state index contributed by atoms with van der Waals surface area (Å²) in [7, 11) is 0. The lowest BCUT2D eigenvalue weighted by atomic mass is 10.1.